The van der Waals surface area contributed by atoms with E-state index in [1.807, 2.05) is 18.2 Å². The number of carbonyl (C=O) groups is 2. The quantitative estimate of drug-likeness (QED) is 0.301. The summed E-state index contributed by atoms with van der Waals surface area (Å²) in [6.45, 7) is 4.36. The largest absolute Gasteiger partial charge is 0.481 e. The Morgan fingerprint density at radius 1 is 1.03 bits per heavy atom. The van der Waals surface area contributed by atoms with Crippen molar-refractivity contribution in [3.8, 4) is 10.6 Å². The molecular formula is C26H26N4O3S. The summed E-state index contributed by atoms with van der Waals surface area (Å²) in [6.07, 6.45) is 1.37. The Morgan fingerprint density at radius 2 is 1.79 bits per heavy atom. The fourth-order valence-electron chi connectivity index (χ4n) is 3.62. The number of rotatable bonds is 9. The van der Waals surface area contributed by atoms with Gasteiger partial charge < -0.3 is 15.7 Å². The highest BCUT2D eigenvalue weighted by molar-refractivity contribution is 7.21. The first-order valence-corrected chi connectivity index (χ1v) is 11.9. The maximum absolute atomic E-state index is 12.1. The summed E-state index contributed by atoms with van der Waals surface area (Å²) in [7, 11) is 0. The molecule has 0 unspecified atom stereocenters. The zero-order valence-corrected chi connectivity index (χ0v) is 19.8. The maximum atomic E-state index is 12.1. The van der Waals surface area contributed by atoms with Crippen molar-refractivity contribution in [1.29, 1.82) is 0 Å². The van der Waals surface area contributed by atoms with Gasteiger partial charge in [-0.15, -0.1) is 11.3 Å². The summed E-state index contributed by atoms with van der Waals surface area (Å²) >= 11 is 1.68. The lowest BCUT2D eigenvalue weighted by Crippen LogP contribution is -2.26. The zero-order chi connectivity index (χ0) is 24.1. The van der Waals surface area contributed by atoms with Crippen molar-refractivity contribution in [1.82, 2.24) is 15.3 Å². The van der Waals surface area contributed by atoms with Crippen LogP contribution in [0.1, 0.15) is 42.2 Å². The van der Waals surface area contributed by atoms with Gasteiger partial charge in [-0.25, -0.2) is 9.97 Å². The summed E-state index contributed by atoms with van der Waals surface area (Å²) < 4.78 is 1.17. The number of nitrogens with zero attached hydrogens (tertiary/aromatic N) is 2. The number of carboxylic acids is 1. The molecule has 0 radical (unpaired) electrons. The number of amides is 1. The first-order chi connectivity index (χ1) is 16.4. The number of carboxylic acid groups (broad SMARTS) is 1. The van der Waals surface area contributed by atoms with E-state index in [4.69, 9.17) is 10.1 Å². The van der Waals surface area contributed by atoms with E-state index in [9.17, 15) is 9.59 Å². The van der Waals surface area contributed by atoms with Crippen molar-refractivity contribution in [2.75, 3.05) is 11.9 Å². The van der Waals surface area contributed by atoms with Crippen molar-refractivity contribution in [3.05, 3.63) is 78.0 Å². The molecule has 2 heterocycles. The van der Waals surface area contributed by atoms with Gasteiger partial charge in [-0.05, 0) is 35.7 Å². The standard InChI is InChI=1S/C26H26N4O3S/c1-16(2)24(30-22-12-11-19(15-28-22)25(33)27-14-13-23(31)32)17-7-9-18(10-8-17)26-29-20-5-3-4-6-21(20)34-26/h3-12,15-16,24H,13-14H2,1-2H3,(H,27,33)(H,28,30)(H,31,32)/t24-/m0/s1. The summed E-state index contributed by atoms with van der Waals surface area (Å²) in [5.74, 6) is -0.331. The highest BCUT2D eigenvalue weighted by Crippen LogP contribution is 2.32. The summed E-state index contributed by atoms with van der Waals surface area (Å²) in [6, 6.07) is 20.0. The van der Waals surface area contributed by atoms with Gasteiger partial charge in [0.2, 0.25) is 0 Å². The Balaban J connectivity index is 1.45. The molecule has 4 rings (SSSR count). The second-order valence-electron chi connectivity index (χ2n) is 8.31. The molecule has 7 nitrogen and oxygen atoms in total. The van der Waals surface area contributed by atoms with Gasteiger partial charge in [0.25, 0.3) is 5.91 Å². The molecule has 8 heteroatoms. The minimum atomic E-state index is -0.953. The highest BCUT2D eigenvalue weighted by Gasteiger charge is 2.17. The predicted octanol–water partition coefficient (Wildman–Crippen LogP) is 5.37. The lowest BCUT2D eigenvalue weighted by atomic mass is 9.95. The van der Waals surface area contributed by atoms with Gasteiger partial charge in [0.05, 0.1) is 28.2 Å². The number of hydrogen-bond acceptors (Lipinski definition) is 6. The number of pyridine rings is 1. The van der Waals surface area contributed by atoms with Gasteiger partial charge in [-0.2, -0.15) is 0 Å². The second kappa shape index (κ2) is 10.4. The number of benzene rings is 2. The number of hydrogen-bond donors (Lipinski definition) is 3. The number of carbonyl (C=O) groups excluding carboxylic acids is 1. The number of aliphatic carboxylic acids is 1. The average Bonchev–Trinajstić information content (AvgIpc) is 3.27. The zero-order valence-electron chi connectivity index (χ0n) is 19.0. The Hall–Kier alpha value is -3.78. The van der Waals surface area contributed by atoms with Crippen LogP contribution in [-0.2, 0) is 4.79 Å². The maximum Gasteiger partial charge on any atom is 0.305 e. The van der Waals surface area contributed by atoms with Gasteiger partial charge in [0, 0.05) is 18.3 Å². The monoisotopic (exact) mass is 474 g/mol. The first-order valence-electron chi connectivity index (χ1n) is 11.1. The topological polar surface area (TPSA) is 104 Å². The molecule has 0 fully saturated rings. The van der Waals surface area contributed by atoms with Crippen LogP contribution in [0.2, 0.25) is 0 Å². The summed E-state index contributed by atoms with van der Waals surface area (Å²) in [5, 5.41) is 15.7. The SMILES string of the molecule is CC(C)[C@H](Nc1ccc(C(=O)NCCC(=O)O)cn1)c1ccc(-c2nc3ccccc3s2)cc1. The first kappa shape index (κ1) is 23.4. The van der Waals surface area contributed by atoms with Crippen LogP contribution in [0.25, 0.3) is 20.8 Å². The van der Waals surface area contributed by atoms with Crippen LogP contribution in [0, 0.1) is 5.92 Å². The molecule has 2 aromatic heterocycles. The molecule has 2 aromatic carbocycles. The molecule has 0 saturated heterocycles. The van der Waals surface area contributed by atoms with Crippen molar-refractivity contribution in [3.63, 3.8) is 0 Å². The average molecular weight is 475 g/mol. The van der Waals surface area contributed by atoms with Gasteiger partial charge in [0.1, 0.15) is 10.8 Å². The Morgan fingerprint density at radius 3 is 2.44 bits per heavy atom. The molecular weight excluding hydrogens is 448 g/mol. The van der Waals surface area contributed by atoms with Crippen molar-refractivity contribution < 1.29 is 14.7 Å². The number of thiazole rings is 1. The van der Waals surface area contributed by atoms with E-state index in [1.54, 1.807) is 23.5 Å². The molecule has 0 aliphatic heterocycles. The Labute approximate surface area is 201 Å². The van der Waals surface area contributed by atoms with Crippen molar-refractivity contribution in [2.24, 2.45) is 5.92 Å². The van der Waals surface area contributed by atoms with Crippen LogP contribution in [0.4, 0.5) is 5.82 Å². The van der Waals surface area contributed by atoms with Gasteiger partial charge >= 0.3 is 5.97 Å². The minimum absolute atomic E-state index is 0.0344. The molecule has 1 atom stereocenters. The smallest absolute Gasteiger partial charge is 0.305 e. The fraction of sp³-hybridized carbons (Fsp3) is 0.231. The van der Waals surface area contributed by atoms with Gasteiger partial charge in [-0.1, -0.05) is 50.2 Å². The van der Waals surface area contributed by atoms with Crippen LogP contribution in [0.5, 0.6) is 0 Å². The number of fused-ring (bicyclic) bond motifs is 1. The van der Waals surface area contributed by atoms with Crippen LogP contribution in [0.15, 0.2) is 66.9 Å². The lowest BCUT2D eigenvalue weighted by Gasteiger charge is -2.23. The molecule has 174 valence electrons. The van der Waals surface area contributed by atoms with E-state index >= 15 is 0 Å². The van der Waals surface area contributed by atoms with Gasteiger partial charge in [-0.3, -0.25) is 9.59 Å². The van der Waals surface area contributed by atoms with E-state index in [1.165, 1.54) is 10.9 Å². The molecule has 3 N–H and O–H groups in total. The highest BCUT2D eigenvalue weighted by atomic mass is 32.1. The summed E-state index contributed by atoms with van der Waals surface area (Å²) in [5.41, 5.74) is 3.62. The fourth-order valence-corrected chi connectivity index (χ4v) is 4.59. The van der Waals surface area contributed by atoms with E-state index < -0.39 is 5.97 Å². The second-order valence-corrected chi connectivity index (χ2v) is 9.34. The van der Waals surface area contributed by atoms with E-state index in [0.717, 1.165) is 21.7 Å². The molecule has 0 aliphatic carbocycles. The lowest BCUT2D eigenvalue weighted by molar-refractivity contribution is -0.136. The number of anilines is 1. The molecule has 4 aromatic rings. The molecule has 0 spiro atoms. The molecule has 34 heavy (non-hydrogen) atoms. The molecule has 1 amide bonds. The molecule has 0 aliphatic rings. The number of para-hydroxylation sites is 1. The van der Waals surface area contributed by atoms with Gasteiger partial charge in [0.15, 0.2) is 0 Å². The number of aromatic nitrogens is 2. The van der Waals surface area contributed by atoms with Crippen molar-refractivity contribution in [2.45, 2.75) is 26.3 Å². The van der Waals surface area contributed by atoms with E-state index in [2.05, 4.69) is 59.8 Å². The van der Waals surface area contributed by atoms with Crippen LogP contribution < -0.4 is 10.6 Å². The van der Waals surface area contributed by atoms with E-state index in [-0.39, 0.29) is 24.9 Å². The normalized spacial score (nSPS) is 12.0. The van der Waals surface area contributed by atoms with Crippen LogP contribution in [0.3, 0.4) is 0 Å². The number of nitrogens with one attached hydrogen (secondary N) is 2. The third-order valence-electron chi connectivity index (χ3n) is 5.43. The Kier molecular flexibility index (Phi) is 7.18. The molecule has 0 saturated carbocycles. The van der Waals surface area contributed by atoms with Crippen LogP contribution in [-0.4, -0.2) is 33.5 Å². The van der Waals surface area contributed by atoms with E-state index in [0.29, 0.717) is 17.3 Å². The predicted molar refractivity (Wildman–Crippen MR) is 135 cm³/mol. The van der Waals surface area contributed by atoms with Crippen molar-refractivity contribution >= 4 is 39.2 Å². The third-order valence-corrected chi connectivity index (χ3v) is 6.52. The summed E-state index contributed by atoms with van der Waals surface area (Å²) in [4.78, 5) is 31.8. The minimum Gasteiger partial charge on any atom is -0.481 e. The van der Waals surface area contributed by atoms with Crippen LogP contribution >= 0.6 is 11.3 Å². The third kappa shape index (κ3) is 5.58. The molecule has 0 bridgehead atoms. The Bertz CT molecular complexity index is 1250.